The number of nitrogens with one attached hydrogen (secondary N) is 1. The van der Waals surface area contributed by atoms with E-state index in [2.05, 4.69) is 5.32 Å². The number of hydrogen-bond acceptors (Lipinski definition) is 3. The molecule has 3 N–H and O–H groups in total. The fourth-order valence-corrected chi connectivity index (χ4v) is 2.32. The third-order valence-electron chi connectivity index (χ3n) is 3.70. The van der Waals surface area contributed by atoms with Crippen LogP contribution in [0.4, 0.5) is 10.1 Å². The van der Waals surface area contributed by atoms with Gasteiger partial charge in [0.25, 0.3) is 0 Å². The molecule has 2 rings (SSSR count). The van der Waals surface area contributed by atoms with Gasteiger partial charge in [-0.05, 0) is 43.2 Å². The minimum absolute atomic E-state index is 0.222. The molecule has 0 saturated carbocycles. The van der Waals surface area contributed by atoms with E-state index in [9.17, 15) is 9.18 Å². The van der Waals surface area contributed by atoms with E-state index in [0.717, 1.165) is 12.0 Å². The highest BCUT2D eigenvalue weighted by Crippen LogP contribution is 2.20. The van der Waals surface area contributed by atoms with E-state index < -0.39 is 5.54 Å². The molecular weight excluding hydrogens is 307 g/mol. The van der Waals surface area contributed by atoms with Gasteiger partial charge in [-0.25, -0.2) is 4.39 Å². The quantitative estimate of drug-likeness (QED) is 0.810. The van der Waals surface area contributed by atoms with E-state index in [4.69, 9.17) is 10.5 Å². The molecule has 0 bridgehead atoms. The lowest BCUT2D eigenvalue weighted by Crippen LogP contribution is -2.48. The van der Waals surface area contributed by atoms with Crippen molar-refractivity contribution in [2.75, 3.05) is 5.32 Å². The summed E-state index contributed by atoms with van der Waals surface area (Å²) in [5.74, 6) is 0.117. The molecule has 24 heavy (non-hydrogen) atoms. The lowest BCUT2D eigenvalue weighted by molar-refractivity contribution is -0.120. The second-order valence-corrected chi connectivity index (χ2v) is 6.06. The van der Waals surface area contributed by atoms with Crippen LogP contribution in [-0.4, -0.2) is 11.4 Å². The highest BCUT2D eigenvalue weighted by molar-refractivity contribution is 5.97. The first-order valence-corrected chi connectivity index (χ1v) is 7.98. The van der Waals surface area contributed by atoms with Gasteiger partial charge < -0.3 is 15.8 Å². The molecule has 0 aromatic heterocycles. The Labute approximate surface area is 141 Å². The summed E-state index contributed by atoms with van der Waals surface area (Å²) >= 11 is 0. The summed E-state index contributed by atoms with van der Waals surface area (Å²) in [7, 11) is 0. The van der Waals surface area contributed by atoms with Gasteiger partial charge in [0.05, 0.1) is 5.54 Å². The molecule has 0 heterocycles. The molecule has 1 unspecified atom stereocenters. The van der Waals surface area contributed by atoms with Crippen LogP contribution in [0.5, 0.6) is 5.75 Å². The minimum Gasteiger partial charge on any atom is -0.489 e. The zero-order chi connectivity index (χ0) is 17.6. The van der Waals surface area contributed by atoms with Crippen molar-refractivity contribution in [2.45, 2.75) is 38.8 Å². The van der Waals surface area contributed by atoms with Gasteiger partial charge >= 0.3 is 0 Å². The average molecular weight is 330 g/mol. The lowest BCUT2D eigenvalue weighted by Gasteiger charge is -2.23. The Morgan fingerprint density at radius 1 is 1.25 bits per heavy atom. The molecule has 5 heteroatoms. The smallest absolute Gasteiger partial charge is 0.244 e. The molecule has 0 fully saturated rings. The van der Waals surface area contributed by atoms with Crippen molar-refractivity contribution in [3.05, 3.63) is 59.9 Å². The Morgan fingerprint density at radius 3 is 2.62 bits per heavy atom. The normalized spacial score (nSPS) is 13.2. The van der Waals surface area contributed by atoms with Gasteiger partial charge in [0.1, 0.15) is 18.2 Å². The van der Waals surface area contributed by atoms with Crippen LogP contribution in [0.1, 0.15) is 32.3 Å². The highest BCUT2D eigenvalue weighted by atomic mass is 19.1. The first kappa shape index (κ1) is 17.9. The first-order valence-electron chi connectivity index (χ1n) is 7.98. The summed E-state index contributed by atoms with van der Waals surface area (Å²) < 4.78 is 18.6. The third kappa shape index (κ3) is 5.06. The van der Waals surface area contributed by atoms with Gasteiger partial charge in [-0.3, -0.25) is 4.79 Å². The zero-order valence-electron chi connectivity index (χ0n) is 14.0. The number of halogens is 1. The maximum absolute atomic E-state index is 12.9. The van der Waals surface area contributed by atoms with Gasteiger partial charge in [-0.2, -0.15) is 0 Å². The topological polar surface area (TPSA) is 64.4 Å². The van der Waals surface area contributed by atoms with Crippen LogP contribution in [0.15, 0.2) is 48.5 Å². The molecule has 1 amide bonds. The number of anilines is 1. The van der Waals surface area contributed by atoms with Crippen LogP contribution in [0.2, 0.25) is 0 Å². The molecule has 0 aliphatic heterocycles. The van der Waals surface area contributed by atoms with Gasteiger partial charge in [-0.1, -0.05) is 31.5 Å². The van der Waals surface area contributed by atoms with Gasteiger partial charge in [0, 0.05) is 11.8 Å². The number of carbonyl (C=O) groups excluding carboxylic acids is 1. The Kier molecular flexibility index (Phi) is 5.93. The Morgan fingerprint density at radius 2 is 1.96 bits per heavy atom. The van der Waals surface area contributed by atoms with Gasteiger partial charge in [0.2, 0.25) is 5.91 Å². The molecule has 128 valence electrons. The van der Waals surface area contributed by atoms with Crippen LogP contribution in [0, 0.1) is 5.82 Å². The number of rotatable bonds is 7. The predicted molar refractivity (Wildman–Crippen MR) is 93.3 cm³/mol. The van der Waals surface area contributed by atoms with E-state index in [1.807, 2.05) is 6.92 Å². The fourth-order valence-electron chi connectivity index (χ4n) is 2.32. The molecule has 0 aliphatic carbocycles. The molecular formula is C19H23FN2O2. The summed E-state index contributed by atoms with van der Waals surface area (Å²) in [6.07, 6.45) is 1.45. The van der Waals surface area contributed by atoms with Gasteiger partial charge in [0.15, 0.2) is 0 Å². The van der Waals surface area contributed by atoms with E-state index in [0.29, 0.717) is 24.5 Å². The summed E-state index contributed by atoms with van der Waals surface area (Å²) in [4.78, 5) is 12.2. The SMILES string of the molecule is CCCC(C)(N)C(=O)Nc1cccc(OCc2ccc(F)cc2)c1. The zero-order valence-corrected chi connectivity index (χ0v) is 14.0. The van der Waals surface area contributed by atoms with Crippen LogP contribution in [0.3, 0.4) is 0 Å². The van der Waals surface area contributed by atoms with E-state index >= 15 is 0 Å². The van der Waals surface area contributed by atoms with Crippen molar-refractivity contribution >= 4 is 11.6 Å². The van der Waals surface area contributed by atoms with Crippen molar-refractivity contribution in [2.24, 2.45) is 5.73 Å². The molecule has 4 nitrogen and oxygen atoms in total. The minimum atomic E-state index is -0.903. The molecule has 2 aromatic rings. The second kappa shape index (κ2) is 7.93. The number of ether oxygens (including phenoxy) is 1. The number of nitrogens with two attached hydrogens (primary N) is 1. The van der Waals surface area contributed by atoms with Crippen LogP contribution < -0.4 is 15.8 Å². The standard InChI is InChI=1S/C19H23FN2O2/c1-3-11-19(2,21)18(23)22-16-5-4-6-17(12-16)24-13-14-7-9-15(20)10-8-14/h4-10,12H,3,11,13,21H2,1-2H3,(H,22,23). The van der Waals surface area contributed by atoms with Crippen LogP contribution in [-0.2, 0) is 11.4 Å². The van der Waals surface area contributed by atoms with E-state index in [1.165, 1.54) is 12.1 Å². The van der Waals surface area contributed by atoms with Crippen molar-refractivity contribution in [3.63, 3.8) is 0 Å². The average Bonchev–Trinajstić information content (AvgIpc) is 2.54. The lowest BCUT2D eigenvalue weighted by atomic mass is 9.96. The van der Waals surface area contributed by atoms with E-state index in [1.54, 1.807) is 43.3 Å². The fraction of sp³-hybridized carbons (Fsp3) is 0.316. The summed E-state index contributed by atoms with van der Waals surface area (Å²) in [5, 5.41) is 2.82. The number of amides is 1. The van der Waals surface area contributed by atoms with Crippen LogP contribution in [0.25, 0.3) is 0 Å². The number of carbonyl (C=O) groups is 1. The van der Waals surface area contributed by atoms with E-state index in [-0.39, 0.29) is 11.7 Å². The first-order chi connectivity index (χ1) is 11.4. The van der Waals surface area contributed by atoms with Crippen LogP contribution >= 0.6 is 0 Å². The maximum Gasteiger partial charge on any atom is 0.244 e. The third-order valence-corrected chi connectivity index (χ3v) is 3.70. The number of benzene rings is 2. The summed E-state index contributed by atoms with van der Waals surface area (Å²) in [6, 6.07) is 13.2. The summed E-state index contributed by atoms with van der Waals surface area (Å²) in [6.45, 7) is 4.03. The number of hydrogen-bond donors (Lipinski definition) is 2. The maximum atomic E-state index is 12.9. The molecule has 1 atom stereocenters. The monoisotopic (exact) mass is 330 g/mol. The molecule has 0 radical (unpaired) electrons. The highest BCUT2D eigenvalue weighted by Gasteiger charge is 2.27. The molecule has 0 saturated heterocycles. The summed E-state index contributed by atoms with van der Waals surface area (Å²) in [5.41, 5.74) is 6.62. The van der Waals surface area contributed by atoms with Crippen molar-refractivity contribution < 1.29 is 13.9 Å². The van der Waals surface area contributed by atoms with Gasteiger partial charge in [-0.15, -0.1) is 0 Å². The molecule has 0 spiro atoms. The second-order valence-electron chi connectivity index (χ2n) is 6.06. The molecule has 2 aromatic carbocycles. The predicted octanol–water partition coefficient (Wildman–Crippen LogP) is 3.86. The molecule has 0 aliphatic rings. The van der Waals surface area contributed by atoms with Crippen molar-refractivity contribution in [1.29, 1.82) is 0 Å². The Bertz CT molecular complexity index is 684. The largest absolute Gasteiger partial charge is 0.489 e. The van der Waals surface area contributed by atoms with Crippen molar-refractivity contribution in [1.82, 2.24) is 0 Å². The Balaban J connectivity index is 1.98. The van der Waals surface area contributed by atoms with Crippen molar-refractivity contribution in [3.8, 4) is 5.75 Å². The Hall–Kier alpha value is -2.40.